The molecule has 1 aliphatic heterocycles. The average molecular weight is 346 g/mol. The minimum atomic E-state index is -0.130. The van der Waals surface area contributed by atoms with E-state index in [0.29, 0.717) is 18.0 Å². The number of rotatable bonds is 4. The first-order valence-corrected chi connectivity index (χ1v) is 8.66. The number of amides is 1. The number of carbonyl (C=O) groups is 1. The van der Waals surface area contributed by atoms with Gasteiger partial charge in [0, 0.05) is 37.8 Å². The number of carbonyl (C=O) groups excluding carboxylic acids is 1. The number of aromatic nitrogens is 4. The van der Waals surface area contributed by atoms with E-state index in [-0.39, 0.29) is 17.4 Å². The molecule has 25 heavy (non-hydrogen) atoms. The van der Waals surface area contributed by atoms with Gasteiger partial charge >= 0.3 is 0 Å². The molecule has 1 amide bonds. The van der Waals surface area contributed by atoms with Crippen LogP contribution in [-0.2, 0) is 19.0 Å². The second-order valence-corrected chi connectivity index (χ2v) is 7.69. The molecule has 8 heteroatoms. The summed E-state index contributed by atoms with van der Waals surface area (Å²) in [6.07, 6.45) is 5.15. The minimum absolute atomic E-state index is 0.0560. The van der Waals surface area contributed by atoms with Crippen molar-refractivity contribution in [3.05, 3.63) is 29.7 Å². The topological polar surface area (TPSA) is 89.1 Å². The Bertz CT molecular complexity index is 722. The molecule has 1 N–H and O–H groups in total. The zero-order chi connectivity index (χ0) is 18.0. The normalized spacial score (nSPS) is 17.0. The number of nitrogens with one attached hydrogen (secondary N) is 1. The average Bonchev–Trinajstić information content (AvgIpc) is 3.18. The van der Waals surface area contributed by atoms with Gasteiger partial charge in [-0.3, -0.25) is 14.4 Å². The first-order valence-electron chi connectivity index (χ1n) is 8.66. The molecule has 1 aliphatic rings. The number of hydrogen-bond acceptors (Lipinski definition) is 6. The summed E-state index contributed by atoms with van der Waals surface area (Å²) >= 11 is 0. The van der Waals surface area contributed by atoms with E-state index >= 15 is 0 Å². The van der Waals surface area contributed by atoms with E-state index in [0.717, 1.165) is 31.8 Å². The SMILES string of the molecule is Cn1cc(C(=O)NC2CCN(Cc3noc(C(C)(C)C)n3)CC2)cn1. The van der Waals surface area contributed by atoms with E-state index in [1.54, 1.807) is 24.1 Å². The van der Waals surface area contributed by atoms with Crippen LogP contribution in [0.4, 0.5) is 0 Å². The van der Waals surface area contributed by atoms with Crippen LogP contribution in [0.1, 0.15) is 55.7 Å². The largest absolute Gasteiger partial charge is 0.349 e. The third-order valence-electron chi connectivity index (χ3n) is 4.36. The molecule has 136 valence electrons. The van der Waals surface area contributed by atoms with Crippen molar-refractivity contribution in [1.82, 2.24) is 30.1 Å². The Morgan fingerprint density at radius 3 is 2.64 bits per heavy atom. The van der Waals surface area contributed by atoms with Gasteiger partial charge in [-0.05, 0) is 12.8 Å². The Morgan fingerprint density at radius 2 is 2.08 bits per heavy atom. The lowest BCUT2D eigenvalue weighted by atomic mass is 9.97. The van der Waals surface area contributed by atoms with E-state index in [2.05, 4.69) is 46.2 Å². The Labute approximate surface area is 147 Å². The molecule has 3 rings (SSSR count). The molecule has 0 radical (unpaired) electrons. The van der Waals surface area contributed by atoms with Crippen molar-refractivity contribution < 1.29 is 9.32 Å². The highest BCUT2D eigenvalue weighted by Gasteiger charge is 2.25. The number of likely N-dealkylation sites (tertiary alicyclic amines) is 1. The Balaban J connectivity index is 1.47. The second-order valence-electron chi connectivity index (χ2n) is 7.69. The fraction of sp³-hybridized carbons (Fsp3) is 0.647. The molecular weight excluding hydrogens is 320 g/mol. The van der Waals surface area contributed by atoms with Crippen molar-refractivity contribution >= 4 is 5.91 Å². The van der Waals surface area contributed by atoms with Crippen molar-refractivity contribution in [3.63, 3.8) is 0 Å². The highest BCUT2D eigenvalue weighted by Crippen LogP contribution is 2.20. The number of nitrogens with zero attached hydrogens (tertiary/aromatic N) is 5. The third-order valence-corrected chi connectivity index (χ3v) is 4.36. The summed E-state index contributed by atoms with van der Waals surface area (Å²) < 4.78 is 6.98. The van der Waals surface area contributed by atoms with Crippen LogP contribution in [0.25, 0.3) is 0 Å². The molecule has 0 bridgehead atoms. The molecule has 1 saturated heterocycles. The summed E-state index contributed by atoms with van der Waals surface area (Å²) in [7, 11) is 1.80. The molecule has 0 atom stereocenters. The summed E-state index contributed by atoms with van der Waals surface area (Å²) in [6.45, 7) is 8.65. The first-order chi connectivity index (χ1) is 11.8. The van der Waals surface area contributed by atoms with Crippen LogP contribution >= 0.6 is 0 Å². The van der Waals surface area contributed by atoms with Gasteiger partial charge in [0.05, 0.1) is 18.3 Å². The Hall–Kier alpha value is -2.22. The zero-order valence-corrected chi connectivity index (χ0v) is 15.3. The van der Waals surface area contributed by atoms with Gasteiger partial charge in [-0.2, -0.15) is 10.1 Å². The van der Waals surface area contributed by atoms with E-state index in [4.69, 9.17) is 4.52 Å². The monoisotopic (exact) mass is 346 g/mol. The van der Waals surface area contributed by atoms with Gasteiger partial charge in [0.25, 0.3) is 5.91 Å². The smallest absolute Gasteiger partial charge is 0.254 e. The minimum Gasteiger partial charge on any atom is -0.349 e. The van der Waals surface area contributed by atoms with Crippen molar-refractivity contribution in [2.75, 3.05) is 13.1 Å². The molecule has 0 saturated carbocycles. The summed E-state index contributed by atoms with van der Waals surface area (Å²) in [5.74, 6) is 1.34. The maximum absolute atomic E-state index is 12.2. The zero-order valence-electron chi connectivity index (χ0n) is 15.3. The maximum Gasteiger partial charge on any atom is 0.254 e. The molecule has 8 nitrogen and oxygen atoms in total. The van der Waals surface area contributed by atoms with Gasteiger partial charge in [-0.1, -0.05) is 25.9 Å². The van der Waals surface area contributed by atoms with Crippen molar-refractivity contribution in [2.24, 2.45) is 7.05 Å². The molecule has 0 unspecified atom stereocenters. The fourth-order valence-electron chi connectivity index (χ4n) is 2.87. The van der Waals surface area contributed by atoms with Crippen LogP contribution in [0.5, 0.6) is 0 Å². The van der Waals surface area contributed by atoms with Gasteiger partial charge < -0.3 is 9.84 Å². The van der Waals surface area contributed by atoms with Crippen LogP contribution in [0.3, 0.4) is 0 Å². The van der Waals surface area contributed by atoms with Gasteiger partial charge in [0.15, 0.2) is 5.82 Å². The van der Waals surface area contributed by atoms with Gasteiger partial charge in [0.2, 0.25) is 5.89 Å². The molecule has 2 aromatic heterocycles. The second kappa shape index (κ2) is 6.95. The first kappa shape index (κ1) is 17.6. The summed E-state index contributed by atoms with van der Waals surface area (Å²) in [5, 5.41) is 11.2. The number of hydrogen-bond donors (Lipinski definition) is 1. The van der Waals surface area contributed by atoms with Crippen molar-refractivity contribution in [3.8, 4) is 0 Å². The van der Waals surface area contributed by atoms with E-state index in [1.807, 2.05) is 0 Å². The number of piperidine rings is 1. The van der Waals surface area contributed by atoms with Gasteiger partial charge in [0.1, 0.15) is 0 Å². The lowest BCUT2D eigenvalue weighted by molar-refractivity contribution is 0.0907. The summed E-state index contributed by atoms with van der Waals surface area (Å²) in [4.78, 5) is 19.0. The summed E-state index contributed by atoms with van der Waals surface area (Å²) in [6, 6.07) is 0.194. The van der Waals surface area contributed by atoms with E-state index in [9.17, 15) is 4.79 Å². The van der Waals surface area contributed by atoms with Crippen molar-refractivity contribution in [2.45, 2.75) is 51.6 Å². The maximum atomic E-state index is 12.2. The molecule has 0 aromatic carbocycles. The highest BCUT2D eigenvalue weighted by molar-refractivity contribution is 5.93. The highest BCUT2D eigenvalue weighted by atomic mass is 16.5. The molecule has 0 aliphatic carbocycles. The lowest BCUT2D eigenvalue weighted by Crippen LogP contribution is -2.44. The standard InChI is InChI=1S/C17H26N6O2/c1-17(2,3)16-20-14(21-25-16)11-23-7-5-13(6-8-23)19-15(24)12-9-18-22(4)10-12/h9-10,13H,5-8,11H2,1-4H3,(H,19,24). The molecular formula is C17H26N6O2. The fourth-order valence-corrected chi connectivity index (χ4v) is 2.87. The van der Waals surface area contributed by atoms with Gasteiger partial charge in [-0.15, -0.1) is 0 Å². The van der Waals surface area contributed by atoms with Gasteiger partial charge in [-0.25, -0.2) is 0 Å². The Kier molecular flexibility index (Phi) is 4.89. The van der Waals surface area contributed by atoms with Crippen molar-refractivity contribution in [1.29, 1.82) is 0 Å². The predicted octanol–water partition coefficient (Wildman–Crippen LogP) is 1.49. The van der Waals surface area contributed by atoms with Crippen LogP contribution in [0.2, 0.25) is 0 Å². The molecule has 2 aromatic rings. The van der Waals surface area contributed by atoms with Crippen LogP contribution < -0.4 is 5.32 Å². The lowest BCUT2D eigenvalue weighted by Gasteiger charge is -2.31. The molecule has 1 fully saturated rings. The molecule has 0 spiro atoms. The number of aryl methyl sites for hydroxylation is 1. The van der Waals surface area contributed by atoms with E-state index in [1.165, 1.54) is 0 Å². The van der Waals surface area contributed by atoms with Crippen LogP contribution in [0, 0.1) is 0 Å². The molecule has 3 heterocycles. The van der Waals surface area contributed by atoms with Crippen LogP contribution in [0.15, 0.2) is 16.9 Å². The third kappa shape index (κ3) is 4.45. The van der Waals surface area contributed by atoms with Crippen LogP contribution in [-0.4, -0.2) is 49.9 Å². The predicted molar refractivity (Wildman–Crippen MR) is 92.0 cm³/mol. The Morgan fingerprint density at radius 1 is 1.36 bits per heavy atom. The quantitative estimate of drug-likeness (QED) is 0.902. The summed E-state index contributed by atoms with van der Waals surface area (Å²) in [5.41, 5.74) is 0.473. The van der Waals surface area contributed by atoms with E-state index < -0.39 is 0 Å².